The van der Waals surface area contributed by atoms with Gasteiger partial charge in [-0.25, -0.2) is 0 Å². The van der Waals surface area contributed by atoms with E-state index >= 15 is 0 Å². The summed E-state index contributed by atoms with van der Waals surface area (Å²) in [5.41, 5.74) is 6.38. The first-order valence-electron chi connectivity index (χ1n) is 9.49. The third-order valence-corrected chi connectivity index (χ3v) is 4.11. The predicted molar refractivity (Wildman–Crippen MR) is 112 cm³/mol. The number of rotatable bonds is 10. The SMILES string of the molecule is C=C/C(C(N=C(CC/C=C\C)CC(C)C)=C(C)C)=C(/CC)C(C)C. The van der Waals surface area contributed by atoms with Crippen molar-refractivity contribution in [3.8, 4) is 0 Å². The lowest BCUT2D eigenvalue weighted by Crippen LogP contribution is -2.06. The maximum atomic E-state index is 5.14. The van der Waals surface area contributed by atoms with Crippen molar-refractivity contribution < 1.29 is 0 Å². The molecule has 0 fully saturated rings. The maximum absolute atomic E-state index is 5.14. The van der Waals surface area contributed by atoms with Crippen LogP contribution in [0.4, 0.5) is 0 Å². The predicted octanol–water partition coefficient (Wildman–Crippen LogP) is 7.67. The van der Waals surface area contributed by atoms with Gasteiger partial charge in [0.05, 0.1) is 5.70 Å². The van der Waals surface area contributed by atoms with Gasteiger partial charge in [-0.2, -0.15) is 0 Å². The van der Waals surface area contributed by atoms with E-state index in [1.165, 1.54) is 22.4 Å². The molecule has 0 unspecified atom stereocenters. The van der Waals surface area contributed by atoms with Gasteiger partial charge in [0.25, 0.3) is 0 Å². The van der Waals surface area contributed by atoms with Crippen molar-refractivity contribution in [1.29, 1.82) is 0 Å². The van der Waals surface area contributed by atoms with E-state index in [1.54, 1.807) is 0 Å². The van der Waals surface area contributed by atoms with Crippen LogP contribution in [-0.4, -0.2) is 5.71 Å². The Kier molecular flexibility index (Phi) is 11.4. The summed E-state index contributed by atoms with van der Waals surface area (Å²) < 4.78 is 0. The van der Waals surface area contributed by atoms with Gasteiger partial charge in [-0.15, -0.1) is 0 Å². The molecule has 0 N–H and O–H groups in total. The van der Waals surface area contributed by atoms with E-state index in [9.17, 15) is 0 Å². The quantitative estimate of drug-likeness (QED) is 0.221. The highest BCUT2D eigenvalue weighted by molar-refractivity contribution is 5.86. The lowest BCUT2D eigenvalue weighted by molar-refractivity contribution is 0.675. The second kappa shape index (κ2) is 12.1. The van der Waals surface area contributed by atoms with Crippen LogP contribution in [0.5, 0.6) is 0 Å². The van der Waals surface area contributed by atoms with Crippen LogP contribution in [0.2, 0.25) is 0 Å². The second-order valence-corrected chi connectivity index (χ2v) is 7.38. The van der Waals surface area contributed by atoms with Gasteiger partial charge >= 0.3 is 0 Å². The zero-order valence-corrected chi connectivity index (χ0v) is 17.4. The molecule has 24 heavy (non-hydrogen) atoms. The van der Waals surface area contributed by atoms with E-state index < -0.39 is 0 Å². The molecule has 0 radical (unpaired) electrons. The van der Waals surface area contributed by atoms with Crippen LogP contribution in [0.1, 0.15) is 81.1 Å². The lowest BCUT2D eigenvalue weighted by atomic mass is 9.91. The minimum Gasteiger partial charge on any atom is -0.257 e. The molecule has 0 bridgehead atoms. The molecule has 0 atom stereocenters. The van der Waals surface area contributed by atoms with Gasteiger partial charge in [0.15, 0.2) is 0 Å². The monoisotopic (exact) mass is 329 g/mol. The summed E-state index contributed by atoms with van der Waals surface area (Å²) >= 11 is 0. The molecule has 0 aromatic rings. The van der Waals surface area contributed by atoms with E-state index in [-0.39, 0.29) is 0 Å². The van der Waals surface area contributed by atoms with E-state index in [4.69, 9.17) is 4.99 Å². The molecular weight excluding hydrogens is 290 g/mol. The van der Waals surface area contributed by atoms with E-state index in [0.29, 0.717) is 11.8 Å². The summed E-state index contributed by atoms with van der Waals surface area (Å²) in [6.45, 7) is 21.8. The van der Waals surface area contributed by atoms with Gasteiger partial charge < -0.3 is 0 Å². The first kappa shape index (κ1) is 22.6. The molecule has 0 aromatic heterocycles. The molecule has 0 aliphatic heterocycles. The molecule has 0 spiro atoms. The zero-order valence-electron chi connectivity index (χ0n) is 17.4. The first-order chi connectivity index (χ1) is 11.3. The second-order valence-electron chi connectivity index (χ2n) is 7.38. The smallest absolute Gasteiger partial charge is 0.0687 e. The summed E-state index contributed by atoms with van der Waals surface area (Å²) in [6.07, 6.45) is 10.6. The average Bonchev–Trinajstić information content (AvgIpc) is 2.49. The molecule has 0 saturated carbocycles. The fourth-order valence-electron chi connectivity index (χ4n) is 2.98. The van der Waals surface area contributed by atoms with Crippen molar-refractivity contribution >= 4 is 5.71 Å². The molecule has 1 nitrogen and oxygen atoms in total. The van der Waals surface area contributed by atoms with E-state index in [1.807, 2.05) is 6.08 Å². The van der Waals surface area contributed by atoms with Gasteiger partial charge in [0.2, 0.25) is 0 Å². The molecular formula is C23H39N. The van der Waals surface area contributed by atoms with Crippen LogP contribution in [-0.2, 0) is 0 Å². The van der Waals surface area contributed by atoms with Crippen LogP contribution >= 0.6 is 0 Å². The zero-order chi connectivity index (χ0) is 18.7. The molecule has 136 valence electrons. The highest BCUT2D eigenvalue weighted by Crippen LogP contribution is 2.28. The molecule has 0 aromatic carbocycles. The molecule has 0 aliphatic rings. The Hall–Kier alpha value is -1.37. The number of hydrogen-bond donors (Lipinski definition) is 0. The Morgan fingerprint density at radius 3 is 2.12 bits per heavy atom. The van der Waals surface area contributed by atoms with Crippen LogP contribution < -0.4 is 0 Å². The fraction of sp³-hybridized carbons (Fsp3) is 0.609. The van der Waals surface area contributed by atoms with Crippen LogP contribution in [0.3, 0.4) is 0 Å². The van der Waals surface area contributed by atoms with Crippen molar-refractivity contribution in [2.45, 2.75) is 81.1 Å². The first-order valence-corrected chi connectivity index (χ1v) is 9.49. The number of hydrogen-bond acceptors (Lipinski definition) is 1. The number of nitrogens with zero attached hydrogens (tertiary/aromatic N) is 1. The van der Waals surface area contributed by atoms with E-state index in [0.717, 1.165) is 31.4 Å². The summed E-state index contributed by atoms with van der Waals surface area (Å²) in [4.78, 5) is 5.14. The van der Waals surface area contributed by atoms with Gasteiger partial charge in [-0.1, -0.05) is 70.6 Å². The van der Waals surface area contributed by atoms with E-state index in [2.05, 4.69) is 74.1 Å². The minimum atomic E-state index is 0.518. The average molecular weight is 330 g/mol. The number of aliphatic imine (C=N–C) groups is 1. The standard InChI is InChI=1S/C23H39N/c1-10-13-14-15-20(16-17(4)5)24-23(19(8)9)22(12-3)21(11-2)18(6)7/h10,12-13,17-18H,3,11,14-16H2,1-2,4-9H3/b13-10-,22-21+,24-20?. The fourth-order valence-corrected chi connectivity index (χ4v) is 2.98. The van der Waals surface area contributed by atoms with Gasteiger partial charge in [-0.3, -0.25) is 4.99 Å². The molecule has 0 rings (SSSR count). The number of allylic oxidation sites excluding steroid dienone is 5. The molecule has 0 amide bonds. The Morgan fingerprint density at radius 1 is 1.12 bits per heavy atom. The molecule has 1 heteroatoms. The van der Waals surface area contributed by atoms with Crippen molar-refractivity contribution in [3.05, 3.63) is 47.2 Å². The Labute approximate surface area is 151 Å². The van der Waals surface area contributed by atoms with Gasteiger partial charge in [0.1, 0.15) is 0 Å². The molecule has 0 heterocycles. The third-order valence-electron chi connectivity index (χ3n) is 4.11. The Balaban J connectivity index is 6.00. The Bertz CT molecular complexity index is 506. The lowest BCUT2D eigenvalue weighted by Gasteiger charge is -2.18. The van der Waals surface area contributed by atoms with Crippen LogP contribution in [0, 0.1) is 11.8 Å². The summed E-state index contributed by atoms with van der Waals surface area (Å²) in [7, 11) is 0. The highest BCUT2D eigenvalue weighted by Gasteiger charge is 2.13. The topological polar surface area (TPSA) is 12.4 Å². The van der Waals surface area contributed by atoms with Crippen LogP contribution in [0.25, 0.3) is 0 Å². The van der Waals surface area contributed by atoms with Crippen molar-refractivity contribution in [1.82, 2.24) is 0 Å². The maximum Gasteiger partial charge on any atom is 0.0687 e. The highest BCUT2D eigenvalue weighted by atomic mass is 14.8. The van der Waals surface area contributed by atoms with Crippen molar-refractivity contribution in [3.63, 3.8) is 0 Å². The van der Waals surface area contributed by atoms with Crippen molar-refractivity contribution in [2.75, 3.05) is 0 Å². The minimum absolute atomic E-state index is 0.518. The largest absolute Gasteiger partial charge is 0.257 e. The molecule has 0 saturated heterocycles. The third kappa shape index (κ3) is 7.95. The van der Waals surface area contributed by atoms with Crippen molar-refractivity contribution in [2.24, 2.45) is 16.8 Å². The summed E-state index contributed by atoms with van der Waals surface area (Å²) in [5, 5.41) is 0. The van der Waals surface area contributed by atoms with Gasteiger partial charge in [0, 0.05) is 5.71 Å². The Morgan fingerprint density at radius 2 is 1.75 bits per heavy atom. The summed E-state index contributed by atoms with van der Waals surface area (Å²) in [5.74, 6) is 1.14. The van der Waals surface area contributed by atoms with Crippen LogP contribution in [0.15, 0.2) is 52.2 Å². The summed E-state index contributed by atoms with van der Waals surface area (Å²) in [6, 6.07) is 0. The molecule has 0 aliphatic carbocycles. The van der Waals surface area contributed by atoms with Gasteiger partial charge in [-0.05, 0) is 63.9 Å². The normalized spacial score (nSPS) is 13.7.